The van der Waals surface area contributed by atoms with E-state index in [1.165, 1.54) is 5.69 Å². The number of para-hydroxylation sites is 1. The zero-order chi connectivity index (χ0) is 18.6. The highest BCUT2D eigenvalue weighted by molar-refractivity contribution is 5.92. The highest BCUT2D eigenvalue weighted by Crippen LogP contribution is 2.42. The second-order valence-electron chi connectivity index (χ2n) is 6.44. The van der Waals surface area contributed by atoms with Crippen LogP contribution >= 0.6 is 0 Å². The summed E-state index contributed by atoms with van der Waals surface area (Å²) in [5.41, 5.74) is 2.04. The second kappa shape index (κ2) is 7.61. The molecule has 1 amide bonds. The molecule has 0 spiro atoms. The van der Waals surface area contributed by atoms with Gasteiger partial charge >= 0.3 is 0 Å². The van der Waals surface area contributed by atoms with Crippen molar-refractivity contribution in [3.63, 3.8) is 0 Å². The standard InChI is InChI=1S/C21H22N2O4/c1-25-18-13-16(14-19-21(18)27-15-26-19)7-8-20(24)23-11-9-22(10-12-23)17-5-3-2-4-6-17/h2-8,13-14H,9-12,15H2,1H3/b8-7+. The number of ether oxygens (including phenoxy) is 3. The predicted octanol–water partition coefficient (Wildman–Crippen LogP) is 2.79. The van der Waals surface area contributed by atoms with Crippen LogP contribution in [0.5, 0.6) is 17.2 Å². The Morgan fingerprint density at radius 2 is 1.85 bits per heavy atom. The third-order valence-corrected chi connectivity index (χ3v) is 4.81. The van der Waals surface area contributed by atoms with Gasteiger partial charge in [0.05, 0.1) is 7.11 Å². The van der Waals surface area contributed by atoms with Gasteiger partial charge in [-0.1, -0.05) is 18.2 Å². The predicted molar refractivity (Wildman–Crippen MR) is 103 cm³/mol. The number of fused-ring (bicyclic) bond motifs is 1. The van der Waals surface area contributed by atoms with Crippen LogP contribution in [0, 0.1) is 0 Å². The molecule has 140 valence electrons. The number of benzene rings is 2. The van der Waals surface area contributed by atoms with E-state index in [-0.39, 0.29) is 12.7 Å². The molecule has 0 aromatic heterocycles. The summed E-state index contributed by atoms with van der Waals surface area (Å²) in [7, 11) is 1.59. The van der Waals surface area contributed by atoms with Crippen LogP contribution in [-0.4, -0.2) is 50.9 Å². The summed E-state index contributed by atoms with van der Waals surface area (Å²) in [4.78, 5) is 16.7. The lowest BCUT2D eigenvalue weighted by atomic mass is 10.1. The third kappa shape index (κ3) is 3.69. The van der Waals surface area contributed by atoms with Crippen molar-refractivity contribution >= 4 is 17.7 Å². The number of nitrogens with zero attached hydrogens (tertiary/aromatic N) is 2. The van der Waals surface area contributed by atoms with E-state index in [1.54, 1.807) is 19.3 Å². The highest BCUT2D eigenvalue weighted by Gasteiger charge is 2.21. The maximum atomic E-state index is 12.5. The smallest absolute Gasteiger partial charge is 0.246 e. The van der Waals surface area contributed by atoms with Crippen molar-refractivity contribution in [3.05, 3.63) is 54.1 Å². The van der Waals surface area contributed by atoms with Gasteiger partial charge in [0.1, 0.15) is 0 Å². The van der Waals surface area contributed by atoms with E-state index in [1.807, 2.05) is 35.2 Å². The fraction of sp³-hybridized carbons (Fsp3) is 0.286. The minimum atomic E-state index is 0.0133. The second-order valence-corrected chi connectivity index (χ2v) is 6.44. The van der Waals surface area contributed by atoms with E-state index in [4.69, 9.17) is 14.2 Å². The first-order valence-corrected chi connectivity index (χ1v) is 8.99. The maximum Gasteiger partial charge on any atom is 0.246 e. The molecule has 2 aromatic rings. The Balaban J connectivity index is 1.39. The molecule has 2 aromatic carbocycles. The number of hydrogen-bond donors (Lipinski definition) is 0. The third-order valence-electron chi connectivity index (χ3n) is 4.81. The van der Waals surface area contributed by atoms with Crippen molar-refractivity contribution < 1.29 is 19.0 Å². The molecule has 4 rings (SSSR count). The van der Waals surface area contributed by atoms with Gasteiger partial charge in [0.15, 0.2) is 11.5 Å². The average molecular weight is 366 g/mol. The van der Waals surface area contributed by atoms with Crippen molar-refractivity contribution in [1.82, 2.24) is 4.90 Å². The van der Waals surface area contributed by atoms with Gasteiger partial charge in [0.25, 0.3) is 0 Å². The number of hydrogen-bond acceptors (Lipinski definition) is 5. The fourth-order valence-electron chi connectivity index (χ4n) is 3.34. The van der Waals surface area contributed by atoms with Gasteiger partial charge in [-0.2, -0.15) is 0 Å². The normalized spacial score (nSPS) is 16.0. The summed E-state index contributed by atoms with van der Waals surface area (Å²) in [5, 5.41) is 0. The number of amides is 1. The van der Waals surface area contributed by atoms with Crippen LogP contribution in [-0.2, 0) is 4.79 Å². The largest absolute Gasteiger partial charge is 0.493 e. The van der Waals surface area contributed by atoms with Crippen LogP contribution < -0.4 is 19.1 Å². The van der Waals surface area contributed by atoms with Crippen molar-refractivity contribution in [1.29, 1.82) is 0 Å². The van der Waals surface area contributed by atoms with E-state index in [2.05, 4.69) is 17.0 Å². The van der Waals surface area contributed by atoms with Gasteiger partial charge in [0.2, 0.25) is 18.4 Å². The summed E-state index contributed by atoms with van der Waals surface area (Å²) >= 11 is 0. The monoisotopic (exact) mass is 366 g/mol. The summed E-state index contributed by atoms with van der Waals surface area (Å²) in [6.07, 6.45) is 3.39. The number of rotatable bonds is 4. The Morgan fingerprint density at radius 1 is 1.07 bits per heavy atom. The molecule has 27 heavy (non-hydrogen) atoms. The summed E-state index contributed by atoms with van der Waals surface area (Å²) in [6.45, 7) is 3.28. The Labute approximate surface area is 158 Å². The van der Waals surface area contributed by atoms with Crippen LogP contribution in [0.3, 0.4) is 0 Å². The maximum absolute atomic E-state index is 12.5. The van der Waals surface area contributed by atoms with E-state index < -0.39 is 0 Å². The lowest BCUT2D eigenvalue weighted by Crippen LogP contribution is -2.48. The molecule has 0 saturated carbocycles. The minimum Gasteiger partial charge on any atom is -0.493 e. The number of piperazine rings is 1. The van der Waals surface area contributed by atoms with Gasteiger partial charge < -0.3 is 24.0 Å². The minimum absolute atomic E-state index is 0.0133. The van der Waals surface area contributed by atoms with Crippen molar-refractivity contribution in [2.75, 3.05) is 45.0 Å². The van der Waals surface area contributed by atoms with Gasteiger partial charge in [-0.05, 0) is 35.9 Å². The molecule has 0 bridgehead atoms. The molecule has 0 radical (unpaired) electrons. The quantitative estimate of drug-likeness (QED) is 0.779. The molecule has 0 N–H and O–H groups in total. The number of anilines is 1. The molecule has 0 aliphatic carbocycles. The van der Waals surface area contributed by atoms with Crippen molar-refractivity contribution in [2.45, 2.75) is 0 Å². The number of carbonyl (C=O) groups is 1. The number of carbonyl (C=O) groups excluding carboxylic acids is 1. The molecule has 2 aliphatic rings. The van der Waals surface area contributed by atoms with E-state index in [9.17, 15) is 4.79 Å². The van der Waals surface area contributed by atoms with Crippen molar-refractivity contribution in [2.24, 2.45) is 0 Å². The van der Waals surface area contributed by atoms with Crippen molar-refractivity contribution in [3.8, 4) is 17.2 Å². The SMILES string of the molecule is COc1cc(/C=C/C(=O)N2CCN(c3ccccc3)CC2)cc2c1OCO2. The molecule has 6 heteroatoms. The van der Waals surface area contributed by atoms with Gasteiger partial charge in [-0.3, -0.25) is 4.79 Å². The molecule has 0 atom stereocenters. The summed E-state index contributed by atoms with van der Waals surface area (Å²) < 4.78 is 16.1. The van der Waals surface area contributed by atoms with E-state index >= 15 is 0 Å². The van der Waals surface area contributed by atoms with E-state index in [0.29, 0.717) is 30.3 Å². The molecule has 2 heterocycles. The first-order chi connectivity index (χ1) is 13.2. The average Bonchev–Trinajstić information content (AvgIpc) is 3.21. The van der Waals surface area contributed by atoms with Crippen LogP contribution in [0.2, 0.25) is 0 Å². The topological polar surface area (TPSA) is 51.2 Å². The van der Waals surface area contributed by atoms with Crippen LogP contribution in [0.1, 0.15) is 5.56 Å². The molecule has 6 nitrogen and oxygen atoms in total. The van der Waals surface area contributed by atoms with Crippen LogP contribution in [0.25, 0.3) is 6.08 Å². The first kappa shape index (κ1) is 17.3. The Hall–Kier alpha value is -3.15. The summed E-state index contributed by atoms with van der Waals surface area (Å²) in [6, 6.07) is 14.0. The number of methoxy groups -OCH3 is 1. The lowest BCUT2D eigenvalue weighted by Gasteiger charge is -2.35. The molecule has 1 saturated heterocycles. The van der Waals surface area contributed by atoms with Gasteiger partial charge in [-0.15, -0.1) is 0 Å². The Kier molecular flexibility index (Phi) is 4.87. The first-order valence-electron chi connectivity index (χ1n) is 8.99. The molecular weight excluding hydrogens is 344 g/mol. The zero-order valence-corrected chi connectivity index (χ0v) is 15.3. The molecule has 1 fully saturated rings. The Morgan fingerprint density at radius 3 is 2.59 bits per heavy atom. The van der Waals surface area contributed by atoms with Crippen LogP contribution in [0.15, 0.2) is 48.5 Å². The summed E-state index contributed by atoms with van der Waals surface area (Å²) in [5.74, 6) is 1.86. The van der Waals surface area contributed by atoms with E-state index in [0.717, 1.165) is 18.7 Å². The highest BCUT2D eigenvalue weighted by atomic mass is 16.7. The lowest BCUT2D eigenvalue weighted by molar-refractivity contribution is -0.126. The van der Waals surface area contributed by atoms with Crippen LogP contribution in [0.4, 0.5) is 5.69 Å². The Bertz CT molecular complexity index is 843. The molecule has 2 aliphatic heterocycles. The molecular formula is C21H22N2O4. The molecule has 0 unspecified atom stereocenters. The van der Waals surface area contributed by atoms with Gasteiger partial charge in [0, 0.05) is 37.9 Å². The zero-order valence-electron chi connectivity index (χ0n) is 15.3. The fourth-order valence-corrected chi connectivity index (χ4v) is 3.34. The van der Waals surface area contributed by atoms with Gasteiger partial charge in [-0.25, -0.2) is 0 Å².